The van der Waals surface area contributed by atoms with Crippen molar-refractivity contribution < 1.29 is 19.0 Å². The van der Waals surface area contributed by atoms with E-state index in [9.17, 15) is 4.79 Å². The van der Waals surface area contributed by atoms with Crippen LogP contribution in [0.1, 0.15) is 30.2 Å². The number of hydrogen-bond acceptors (Lipinski definition) is 6. The molecule has 1 heterocycles. The summed E-state index contributed by atoms with van der Waals surface area (Å²) in [6.45, 7) is 4.40. The molecule has 2 rings (SSSR count). The Bertz CT molecular complexity index is 720. The summed E-state index contributed by atoms with van der Waals surface area (Å²) < 4.78 is 16.0. The maximum Gasteiger partial charge on any atom is 0.321 e. The molecule has 0 radical (unpaired) electrons. The number of carbonyl (C=O) groups is 1. The molecule has 0 atom stereocenters. The fourth-order valence-electron chi connectivity index (χ4n) is 2.32. The number of anilines is 1. The van der Waals surface area contributed by atoms with Crippen LogP contribution in [0.25, 0.3) is 0 Å². The fraction of sp³-hybridized carbons (Fsp3) is 0.412. The summed E-state index contributed by atoms with van der Waals surface area (Å²) >= 11 is 1.45. The molecule has 0 saturated carbocycles. The number of aromatic nitrogens is 1. The molecule has 1 aromatic heterocycles. The fourth-order valence-corrected chi connectivity index (χ4v) is 3.24. The third-order valence-corrected chi connectivity index (χ3v) is 4.96. The van der Waals surface area contributed by atoms with Gasteiger partial charge >= 0.3 is 6.03 Å². The molecular weight excluding hydrogens is 342 g/mol. The molecule has 0 aliphatic heterocycles. The van der Waals surface area contributed by atoms with Gasteiger partial charge in [-0.05, 0) is 23.6 Å². The molecule has 1 aromatic carbocycles. The van der Waals surface area contributed by atoms with Gasteiger partial charge in [0.15, 0.2) is 16.6 Å². The van der Waals surface area contributed by atoms with E-state index in [1.165, 1.54) is 16.2 Å². The van der Waals surface area contributed by atoms with Gasteiger partial charge in [0.05, 0.1) is 27.9 Å². The van der Waals surface area contributed by atoms with Gasteiger partial charge in [-0.2, -0.15) is 0 Å². The molecule has 2 aromatic rings. The Hall–Kier alpha value is -2.48. The molecule has 0 aliphatic rings. The number of hydrogen-bond donors (Lipinski definition) is 1. The number of nitrogens with zero attached hydrogens (tertiary/aromatic N) is 2. The second-order valence-electron chi connectivity index (χ2n) is 5.66. The van der Waals surface area contributed by atoms with E-state index in [1.807, 2.05) is 0 Å². The predicted molar refractivity (Wildman–Crippen MR) is 98.1 cm³/mol. The molecule has 2 N–H and O–H groups in total. The van der Waals surface area contributed by atoms with Crippen molar-refractivity contribution in [3.8, 4) is 17.2 Å². The average Bonchev–Trinajstić information content (AvgIpc) is 3.08. The number of benzene rings is 1. The van der Waals surface area contributed by atoms with Crippen LogP contribution in [0.15, 0.2) is 18.3 Å². The van der Waals surface area contributed by atoms with E-state index in [1.54, 1.807) is 39.7 Å². The molecule has 0 saturated heterocycles. The van der Waals surface area contributed by atoms with Gasteiger partial charge in [0.1, 0.15) is 0 Å². The highest BCUT2D eigenvalue weighted by Gasteiger charge is 2.20. The standard InChI is InChI=1S/C17H23N3O4S/c1-10(2)14-8-19-17(25-14)20(16(18)21)9-11-6-12(22-3)15(24-5)13(7-11)23-4/h6-8,10H,9H2,1-5H3,(H2,18,21). The number of thiazole rings is 1. The van der Waals surface area contributed by atoms with E-state index >= 15 is 0 Å². The second-order valence-corrected chi connectivity index (χ2v) is 6.70. The highest BCUT2D eigenvalue weighted by atomic mass is 32.1. The molecule has 0 bridgehead atoms. The number of primary amides is 1. The lowest BCUT2D eigenvalue weighted by Crippen LogP contribution is -2.35. The van der Waals surface area contributed by atoms with Crippen LogP contribution in [0, 0.1) is 0 Å². The Morgan fingerprint density at radius 1 is 1.20 bits per heavy atom. The topological polar surface area (TPSA) is 86.9 Å². The largest absolute Gasteiger partial charge is 0.493 e. The highest BCUT2D eigenvalue weighted by Crippen LogP contribution is 2.39. The smallest absolute Gasteiger partial charge is 0.321 e. The number of nitrogens with two attached hydrogens (primary N) is 1. The van der Waals surface area contributed by atoms with E-state index in [0.717, 1.165) is 10.4 Å². The number of ether oxygens (including phenoxy) is 3. The molecule has 8 heteroatoms. The lowest BCUT2D eigenvalue weighted by Gasteiger charge is -2.19. The molecule has 2 amide bonds. The highest BCUT2D eigenvalue weighted by molar-refractivity contribution is 7.15. The van der Waals surface area contributed by atoms with E-state index in [0.29, 0.717) is 28.3 Å². The SMILES string of the molecule is COc1cc(CN(C(N)=O)c2ncc(C(C)C)s2)cc(OC)c1OC. The molecule has 0 fully saturated rings. The van der Waals surface area contributed by atoms with Gasteiger partial charge in [0.25, 0.3) is 0 Å². The van der Waals surface area contributed by atoms with Crippen molar-refractivity contribution in [1.29, 1.82) is 0 Å². The maximum atomic E-state index is 11.9. The second kappa shape index (κ2) is 8.06. The van der Waals surface area contributed by atoms with Gasteiger partial charge in [0, 0.05) is 11.1 Å². The Morgan fingerprint density at radius 3 is 2.20 bits per heavy atom. The summed E-state index contributed by atoms with van der Waals surface area (Å²) in [6, 6.07) is 3.00. The number of methoxy groups -OCH3 is 3. The quantitative estimate of drug-likeness (QED) is 0.813. The van der Waals surface area contributed by atoms with Crippen molar-refractivity contribution in [2.45, 2.75) is 26.3 Å². The van der Waals surface area contributed by atoms with Gasteiger partial charge in [-0.1, -0.05) is 13.8 Å². The zero-order chi connectivity index (χ0) is 18.6. The molecule has 7 nitrogen and oxygen atoms in total. The van der Waals surface area contributed by atoms with Crippen molar-refractivity contribution in [3.63, 3.8) is 0 Å². The molecule has 0 aliphatic carbocycles. The Kier molecular flexibility index (Phi) is 6.08. The molecule has 25 heavy (non-hydrogen) atoms. The van der Waals surface area contributed by atoms with Gasteiger partial charge in [0.2, 0.25) is 5.75 Å². The van der Waals surface area contributed by atoms with Gasteiger partial charge in [-0.3, -0.25) is 4.90 Å². The summed E-state index contributed by atoms with van der Waals surface area (Å²) in [5, 5.41) is 0.560. The minimum absolute atomic E-state index is 0.247. The van der Waals surface area contributed by atoms with Crippen LogP contribution < -0.4 is 24.8 Å². The summed E-state index contributed by atoms with van der Waals surface area (Å²) in [5.41, 5.74) is 6.35. The van der Waals surface area contributed by atoms with E-state index in [-0.39, 0.29) is 6.54 Å². The van der Waals surface area contributed by atoms with E-state index < -0.39 is 6.03 Å². The third kappa shape index (κ3) is 4.14. The molecular formula is C17H23N3O4S. The summed E-state index contributed by atoms with van der Waals surface area (Å²) in [6.07, 6.45) is 1.77. The van der Waals surface area contributed by atoms with Crippen molar-refractivity contribution >= 4 is 22.5 Å². The minimum atomic E-state index is -0.571. The zero-order valence-electron chi connectivity index (χ0n) is 15.0. The van der Waals surface area contributed by atoms with Gasteiger partial charge in [-0.25, -0.2) is 9.78 Å². The Labute approximate surface area is 151 Å². The summed E-state index contributed by atoms with van der Waals surface area (Å²) in [4.78, 5) is 18.8. The Balaban J connectivity index is 2.37. The lowest BCUT2D eigenvalue weighted by molar-refractivity contribution is 0.253. The summed E-state index contributed by atoms with van der Waals surface area (Å²) in [7, 11) is 4.63. The van der Waals surface area contributed by atoms with Crippen LogP contribution in [0.5, 0.6) is 17.2 Å². The first-order valence-corrected chi connectivity index (χ1v) is 8.54. The van der Waals surface area contributed by atoms with E-state index in [2.05, 4.69) is 18.8 Å². The zero-order valence-corrected chi connectivity index (χ0v) is 15.8. The number of amides is 2. The summed E-state index contributed by atoms with van der Waals surface area (Å²) in [5.74, 6) is 1.87. The van der Waals surface area contributed by atoms with Crippen molar-refractivity contribution in [2.75, 3.05) is 26.2 Å². The average molecular weight is 365 g/mol. The van der Waals surface area contributed by atoms with Gasteiger partial charge in [-0.15, -0.1) is 11.3 Å². The number of rotatable bonds is 7. The Morgan fingerprint density at radius 2 is 1.80 bits per heavy atom. The number of carbonyl (C=O) groups excluding carboxylic acids is 1. The third-order valence-electron chi connectivity index (χ3n) is 3.64. The molecule has 0 spiro atoms. The van der Waals surface area contributed by atoms with Crippen LogP contribution in [0.2, 0.25) is 0 Å². The predicted octanol–water partition coefficient (Wildman–Crippen LogP) is 3.38. The minimum Gasteiger partial charge on any atom is -0.493 e. The monoisotopic (exact) mass is 365 g/mol. The number of urea groups is 1. The van der Waals surface area contributed by atoms with Crippen LogP contribution in [0.4, 0.5) is 9.93 Å². The lowest BCUT2D eigenvalue weighted by atomic mass is 10.1. The normalized spacial score (nSPS) is 10.6. The maximum absolute atomic E-state index is 11.9. The van der Waals surface area contributed by atoms with Crippen LogP contribution >= 0.6 is 11.3 Å². The first-order chi connectivity index (χ1) is 11.9. The first-order valence-electron chi connectivity index (χ1n) is 7.72. The van der Waals surface area contributed by atoms with Crippen molar-refractivity contribution in [2.24, 2.45) is 5.73 Å². The van der Waals surface area contributed by atoms with Crippen molar-refractivity contribution in [1.82, 2.24) is 4.98 Å². The van der Waals surface area contributed by atoms with E-state index in [4.69, 9.17) is 19.9 Å². The molecule has 136 valence electrons. The first kappa shape index (κ1) is 18.9. The molecule has 0 unspecified atom stereocenters. The van der Waals surface area contributed by atoms with Crippen LogP contribution in [-0.2, 0) is 6.54 Å². The van der Waals surface area contributed by atoms with Crippen LogP contribution in [0.3, 0.4) is 0 Å². The van der Waals surface area contributed by atoms with Crippen molar-refractivity contribution in [3.05, 3.63) is 28.8 Å². The van der Waals surface area contributed by atoms with Crippen LogP contribution in [-0.4, -0.2) is 32.3 Å². The van der Waals surface area contributed by atoms with Gasteiger partial charge < -0.3 is 19.9 Å².